The monoisotopic (exact) mass is 143 g/mol. The van der Waals surface area contributed by atoms with E-state index < -0.39 is 5.54 Å². The highest BCUT2D eigenvalue weighted by atomic mass is 16.2. The van der Waals surface area contributed by atoms with Gasteiger partial charge in [0.05, 0.1) is 5.54 Å². The van der Waals surface area contributed by atoms with Crippen LogP contribution in [-0.2, 0) is 9.59 Å². The maximum Gasteiger partial charge on any atom is 0.258 e. The second-order valence-corrected chi connectivity index (χ2v) is 2.37. The van der Waals surface area contributed by atoms with Crippen molar-refractivity contribution in [2.24, 2.45) is 5.73 Å². The molecule has 5 nitrogen and oxygen atoms in total. The Labute approximate surface area is 57.9 Å². The summed E-state index contributed by atoms with van der Waals surface area (Å²) in [5, 5.41) is 0. The first-order chi connectivity index (χ1) is 4.69. The van der Waals surface area contributed by atoms with Gasteiger partial charge in [-0.3, -0.25) is 20.4 Å². The summed E-state index contributed by atoms with van der Waals surface area (Å²) in [6.45, 7) is 0. The average Bonchev–Trinajstić information content (AvgIpc) is 2.64. The van der Waals surface area contributed by atoms with Crippen molar-refractivity contribution in [2.75, 3.05) is 0 Å². The lowest BCUT2D eigenvalue weighted by atomic mass is 10.3. The fourth-order valence-corrected chi connectivity index (χ4v) is 0.581. The minimum atomic E-state index is -0.712. The Balaban J connectivity index is 2.28. The normalized spacial score (nSPS) is 19.3. The summed E-state index contributed by atoms with van der Waals surface area (Å²) in [5.74, 6) is -0.320. The number of carbonyl (C=O) groups is 2. The van der Waals surface area contributed by atoms with Gasteiger partial charge < -0.3 is 5.73 Å². The number of carbonyl (C=O) groups excluding carboxylic acids is 2. The number of hydrazine groups is 1. The molecule has 1 fully saturated rings. The van der Waals surface area contributed by atoms with Gasteiger partial charge in [-0.05, 0) is 12.8 Å². The minimum Gasteiger partial charge on any atom is -0.317 e. The SMILES string of the molecule is NC1(C(=O)NNC=O)CC1. The highest BCUT2D eigenvalue weighted by Gasteiger charge is 2.45. The quantitative estimate of drug-likeness (QED) is 0.323. The summed E-state index contributed by atoms with van der Waals surface area (Å²) < 4.78 is 0. The number of rotatable bonds is 3. The Morgan fingerprint density at radius 2 is 2.20 bits per heavy atom. The third-order valence-corrected chi connectivity index (χ3v) is 1.49. The molecular formula is C5H9N3O2. The molecule has 56 valence electrons. The Hall–Kier alpha value is -1.10. The number of amides is 2. The number of nitrogens with two attached hydrogens (primary N) is 1. The molecule has 1 aliphatic rings. The minimum absolute atomic E-state index is 0.320. The highest BCUT2D eigenvalue weighted by molar-refractivity contribution is 5.89. The van der Waals surface area contributed by atoms with Gasteiger partial charge in [-0.1, -0.05) is 0 Å². The zero-order valence-electron chi connectivity index (χ0n) is 5.39. The maximum atomic E-state index is 10.8. The molecule has 0 atom stereocenters. The lowest BCUT2D eigenvalue weighted by Gasteiger charge is -2.06. The zero-order valence-corrected chi connectivity index (χ0v) is 5.39. The van der Waals surface area contributed by atoms with E-state index in [1.54, 1.807) is 0 Å². The summed E-state index contributed by atoms with van der Waals surface area (Å²) in [4.78, 5) is 20.5. The van der Waals surface area contributed by atoms with Crippen LogP contribution in [0.15, 0.2) is 0 Å². The van der Waals surface area contributed by atoms with E-state index in [1.807, 2.05) is 5.43 Å². The van der Waals surface area contributed by atoms with Crippen molar-refractivity contribution < 1.29 is 9.59 Å². The van der Waals surface area contributed by atoms with E-state index in [4.69, 9.17) is 5.73 Å². The third-order valence-electron chi connectivity index (χ3n) is 1.49. The van der Waals surface area contributed by atoms with Crippen molar-refractivity contribution in [1.82, 2.24) is 10.9 Å². The van der Waals surface area contributed by atoms with Gasteiger partial charge in [0.25, 0.3) is 5.91 Å². The van der Waals surface area contributed by atoms with E-state index >= 15 is 0 Å². The third kappa shape index (κ3) is 1.24. The molecule has 1 aliphatic carbocycles. The maximum absolute atomic E-state index is 10.8. The predicted octanol–water partition coefficient (Wildman–Crippen LogP) is -1.75. The molecule has 0 spiro atoms. The van der Waals surface area contributed by atoms with Crippen LogP contribution in [0.25, 0.3) is 0 Å². The highest BCUT2D eigenvalue weighted by Crippen LogP contribution is 2.31. The van der Waals surface area contributed by atoms with Crippen LogP contribution in [0.3, 0.4) is 0 Å². The second kappa shape index (κ2) is 2.26. The summed E-state index contributed by atoms with van der Waals surface area (Å²) in [5.41, 5.74) is 8.94. The van der Waals surface area contributed by atoms with Crippen LogP contribution in [0.5, 0.6) is 0 Å². The van der Waals surface area contributed by atoms with Gasteiger partial charge in [0.1, 0.15) is 0 Å². The molecule has 0 aromatic carbocycles. The van der Waals surface area contributed by atoms with Crippen LogP contribution < -0.4 is 16.6 Å². The fraction of sp³-hybridized carbons (Fsp3) is 0.600. The molecule has 10 heavy (non-hydrogen) atoms. The smallest absolute Gasteiger partial charge is 0.258 e. The van der Waals surface area contributed by atoms with Crippen molar-refractivity contribution >= 4 is 12.3 Å². The molecule has 0 saturated heterocycles. The standard InChI is InChI=1S/C5H9N3O2/c6-5(1-2-5)4(10)8-7-3-9/h3H,1-2,6H2,(H,7,9)(H,8,10). The van der Waals surface area contributed by atoms with Crippen molar-refractivity contribution in [3.63, 3.8) is 0 Å². The molecule has 5 heteroatoms. The van der Waals surface area contributed by atoms with Crippen LogP contribution in [0, 0.1) is 0 Å². The summed E-state index contributed by atoms with van der Waals surface area (Å²) in [7, 11) is 0. The fourth-order valence-electron chi connectivity index (χ4n) is 0.581. The first kappa shape index (κ1) is 7.01. The molecule has 0 aromatic heterocycles. The topological polar surface area (TPSA) is 84.2 Å². The van der Waals surface area contributed by atoms with Gasteiger partial charge in [0, 0.05) is 0 Å². The van der Waals surface area contributed by atoms with Crippen molar-refractivity contribution in [2.45, 2.75) is 18.4 Å². The van der Waals surface area contributed by atoms with Gasteiger partial charge in [-0.15, -0.1) is 0 Å². The van der Waals surface area contributed by atoms with Gasteiger partial charge in [0.15, 0.2) is 0 Å². The molecule has 0 unspecified atom stereocenters. The van der Waals surface area contributed by atoms with E-state index in [2.05, 4.69) is 5.43 Å². The van der Waals surface area contributed by atoms with Gasteiger partial charge in [0.2, 0.25) is 6.41 Å². The van der Waals surface area contributed by atoms with Crippen LogP contribution in [0.2, 0.25) is 0 Å². The lowest BCUT2D eigenvalue weighted by Crippen LogP contribution is -2.48. The largest absolute Gasteiger partial charge is 0.317 e. The van der Waals surface area contributed by atoms with Gasteiger partial charge >= 0.3 is 0 Å². The number of nitrogens with one attached hydrogen (secondary N) is 2. The Morgan fingerprint density at radius 1 is 1.60 bits per heavy atom. The molecule has 1 saturated carbocycles. The Kier molecular flexibility index (Phi) is 1.58. The average molecular weight is 143 g/mol. The first-order valence-electron chi connectivity index (χ1n) is 2.97. The van der Waals surface area contributed by atoms with E-state index in [0.29, 0.717) is 19.3 Å². The second-order valence-electron chi connectivity index (χ2n) is 2.37. The first-order valence-corrected chi connectivity index (χ1v) is 2.97. The molecule has 2 amide bonds. The molecule has 4 N–H and O–H groups in total. The number of hydrogen-bond acceptors (Lipinski definition) is 3. The van der Waals surface area contributed by atoms with Crippen LogP contribution in [-0.4, -0.2) is 17.9 Å². The van der Waals surface area contributed by atoms with Gasteiger partial charge in [-0.25, -0.2) is 0 Å². The number of hydrogen-bond donors (Lipinski definition) is 3. The molecule has 0 aromatic rings. The molecular weight excluding hydrogens is 134 g/mol. The van der Waals surface area contributed by atoms with Crippen LogP contribution in [0.1, 0.15) is 12.8 Å². The zero-order chi connectivity index (χ0) is 7.61. The van der Waals surface area contributed by atoms with E-state index in [-0.39, 0.29) is 5.91 Å². The Morgan fingerprint density at radius 3 is 2.60 bits per heavy atom. The van der Waals surface area contributed by atoms with Crippen LogP contribution in [0.4, 0.5) is 0 Å². The van der Waals surface area contributed by atoms with Gasteiger partial charge in [-0.2, -0.15) is 0 Å². The summed E-state index contributed by atoms with van der Waals surface area (Å²) in [6, 6.07) is 0. The van der Waals surface area contributed by atoms with Crippen LogP contribution >= 0.6 is 0 Å². The molecule has 0 radical (unpaired) electrons. The summed E-state index contributed by atoms with van der Waals surface area (Å²) >= 11 is 0. The molecule has 0 heterocycles. The lowest BCUT2D eigenvalue weighted by molar-refractivity contribution is -0.126. The van der Waals surface area contributed by atoms with E-state index in [0.717, 1.165) is 0 Å². The van der Waals surface area contributed by atoms with Crippen molar-refractivity contribution in [3.05, 3.63) is 0 Å². The van der Waals surface area contributed by atoms with E-state index in [1.165, 1.54) is 0 Å². The predicted molar refractivity (Wildman–Crippen MR) is 33.5 cm³/mol. The Bertz CT molecular complexity index is 164. The van der Waals surface area contributed by atoms with E-state index in [9.17, 15) is 9.59 Å². The molecule has 1 rings (SSSR count). The van der Waals surface area contributed by atoms with Crippen molar-refractivity contribution in [1.29, 1.82) is 0 Å². The summed E-state index contributed by atoms with van der Waals surface area (Å²) in [6.07, 6.45) is 1.78. The van der Waals surface area contributed by atoms with Crippen molar-refractivity contribution in [3.8, 4) is 0 Å². The molecule has 0 bridgehead atoms. The molecule has 0 aliphatic heterocycles.